The van der Waals surface area contributed by atoms with E-state index in [4.69, 9.17) is 4.99 Å². The van der Waals surface area contributed by atoms with Crippen LogP contribution in [0.4, 0.5) is 0 Å². The Hall–Kier alpha value is -1.83. The van der Waals surface area contributed by atoms with Gasteiger partial charge in [-0.2, -0.15) is 0 Å². The van der Waals surface area contributed by atoms with Crippen molar-refractivity contribution < 1.29 is 0 Å². The van der Waals surface area contributed by atoms with E-state index in [0.29, 0.717) is 5.92 Å². The van der Waals surface area contributed by atoms with Crippen molar-refractivity contribution in [2.75, 3.05) is 0 Å². The summed E-state index contributed by atoms with van der Waals surface area (Å²) in [5.41, 5.74) is 7.54. The van der Waals surface area contributed by atoms with Gasteiger partial charge in [0, 0.05) is 35.0 Å². The molecule has 0 aromatic carbocycles. The molecule has 2 atom stereocenters. The van der Waals surface area contributed by atoms with E-state index in [9.17, 15) is 0 Å². The molecule has 0 spiro atoms. The Bertz CT molecular complexity index is 670. The fourth-order valence-corrected chi connectivity index (χ4v) is 4.10. The lowest BCUT2D eigenvalue weighted by atomic mass is 9.62. The van der Waals surface area contributed by atoms with Crippen molar-refractivity contribution >= 4 is 5.71 Å². The molecule has 0 saturated carbocycles. The highest BCUT2D eigenvalue weighted by Gasteiger charge is 2.47. The van der Waals surface area contributed by atoms with Crippen LogP contribution < -0.4 is 5.32 Å². The van der Waals surface area contributed by atoms with E-state index >= 15 is 0 Å². The maximum Gasteiger partial charge on any atom is 0.112 e. The number of nitrogens with one attached hydrogen (secondary N) is 1. The second kappa shape index (κ2) is 5.42. The molecule has 0 amide bonds. The molecule has 1 heterocycles. The maximum absolute atomic E-state index is 5.25. The Labute approximate surface area is 134 Å². The Morgan fingerprint density at radius 1 is 1.50 bits per heavy atom. The van der Waals surface area contributed by atoms with Crippen LogP contribution >= 0.6 is 0 Å². The van der Waals surface area contributed by atoms with Crippen LogP contribution in [-0.2, 0) is 0 Å². The Morgan fingerprint density at radius 2 is 2.27 bits per heavy atom. The van der Waals surface area contributed by atoms with E-state index in [1.807, 2.05) is 0 Å². The molecule has 0 fully saturated rings. The average Bonchev–Trinajstić information content (AvgIpc) is 2.45. The lowest BCUT2D eigenvalue weighted by molar-refractivity contribution is 0.451. The van der Waals surface area contributed by atoms with E-state index in [1.54, 1.807) is 0 Å². The third kappa shape index (κ3) is 2.22. The van der Waals surface area contributed by atoms with Gasteiger partial charge in [0.15, 0.2) is 0 Å². The SMILES string of the molecule is C=C1C=CC2=C(CC3C=C(C)CC2(/N=C(\C)CC)/C3=C/C)N1. The van der Waals surface area contributed by atoms with Crippen LogP contribution in [0.5, 0.6) is 0 Å². The molecule has 0 aromatic rings. The zero-order valence-corrected chi connectivity index (χ0v) is 14.2. The quantitative estimate of drug-likeness (QED) is 0.572. The van der Waals surface area contributed by atoms with Crippen LogP contribution in [0.25, 0.3) is 0 Å². The number of rotatable bonds is 2. The maximum atomic E-state index is 5.25. The monoisotopic (exact) mass is 294 g/mol. The number of fused-ring (bicyclic) bond motifs is 3. The highest BCUT2D eigenvalue weighted by Crippen LogP contribution is 2.52. The smallest absolute Gasteiger partial charge is 0.112 e. The first-order valence-electron chi connectivity index (χ1n) is 8.27. The molecule has 2 bridgehead atoms. The van der Waals surface area contributed by atoms with Crippen molar-refractivity contribution in [1.82, 2.24) is 5.32 Å². The summed E-state index contributed by atoms with van der Waals surface area (Å²) in [6, 6.07) is 0. The van der Waals surface area contributed by atoms with Crippen LogP contribution in [0.2, 0.25) is 0 Å². The van der Waals surface area contributed by atoms with Crippen molar-refractivity contribution in [2.24, 2.45) is 10.9 Å². The summed E-state index contributed by atoms with van der Waals surface area (Å²) in [4.78, 5) is 5.25. The fourth-order valence-electron chi connectivity index (χ4n) is 4.10. The molecule has 0 saturated heterocycles. The van der Waals surface area contributed by atoms with Gasteiger partial charge in [-0.05, 0) is 45.3 Å². The van der Waals surface area contributed by atoms with Crippen LogP contribution in [0, 0.1) is 5.92 Å². The second-order valence-corrected chi connectivity index (χ2v) is 6.68. The zero-order chi connectivity index (χ0) is 15.9. The van der Waals surface area contributed by atoms with Crippen molar-refractivity contribution in [3.05, 3.63) is 59.0 Å². The first kappa shape index (κ1) is 15.1. The number of hydrogen-bond acceptors (Lipinski definition) is 2. The van der Waals surface area contributed by atoms with Gasteiger partial charge in [0.2, 0.25) is 0 Å². The molecule has 2 nitrogen and oxygen atoms in total. The molecule has 3 rings (SSSR count). The predicted molar refractivity (Wildman–Crippen MR) is 94.8 cm³/mol. The summed E-state index contributed by atoms with van der Waals surface area (Å²) in [7, 11) is 0. The first-order valence-corrected chi connectivity index (χ1v) is 8.27. The van der Waals surface area contributed by atoms with Crippen molar-refractivity contribution in [2.45, 2.75) is 52.5 Å². The standard InChI is InChI=1S/C20H26N2/c1-6-14(4)22-20-12-13(3)10-16(17(20)7-2)11-19-18(20)9-8-15(5)21-19/h7-10,16,21H,5-6,11-12H2,1-4H3/b17-7+,22-14+. The molecule has 2 aliphatic carbocycles. The van der Waals surface area contributed by atoms with E-state index < -0.39 is 0 Å². The van der Waals surface area contributed by atoms with Crippen molar-refractivity contribution in [3.8, 4) is 0 Å². The minimum atomic E-state index is -0.212. The number of hydrogen-bond donors (Lipinski definition) is 1. The molecule has 22 heavy (non-hydrogen) atoms. The van der Waals surface area contributed by atoms with Gasteiger partial charge >= 0.3 is 0 Å². The molecular weight excluding hydrogens is 268 g/mol. The van der Waals surface area contributed by atoms with Crippen LogP contribution in [0.15, 0.2) is 64.0 Å². The van der Waals surface area contributed by atoms with E-state index in [0.717, 1.165) is 25.0 Å². The minimum Gasteiger partial charge on any atom is -0.359 e. The summed E-state index contributed by atoms with van der Waals surface area (Å²) in [5, 5.41) is 3.50. The molecule has 1 N–H and O–H groups in total. The Balaban J connectivity index is 2.25. The molecule has 1 aliphatic heterocycles. The van der Waals surface area contributed by atoms with Gasteiger partial charge in [0.05, 0.1) is 0 Å². The van der Waals surface area contributed by atoms with Crippen LogP contribution in [0.3, 0.4) is 0 Å². The van der Waals surface area contributed by atoms with E-state index in [2.05, 4.69) is 63.9 Å². The van der Waals surface area contributed by atoms with Gasteiger partial charge in [-0.3, -0.25) is 4.99 Å². The summed E-state index contributed by atoms with van der Waals surface area (Å²) < 4.78 is 0. The highest BCUT2D eigenvalue weighted by atomic mass is 15.0. The lowest BCUT2D eigenvalue weighted by Gasteiger charge is -2.47. The predicted octanol–water partition coefficient (Wildman–Crippen LogP) is 4.84. The van der Waals surface area contributed by atoms with Crippen molar-refractivity contribution in [1.29, 1.82) is 0 Å². The molecule has 2 unspecified atom stereocenters. The van der Waals surface area contributed by atoms with Crippen LogP contribution in [-0.4, -0.2) is 11.3 Å². The molecular formula is C20H26N2. The van der Waals surface area contributed by atoms with Gasteiger partial charge in [0.1, 0.15) is 5.54 Å². The Kier molecular flexibility index (Phi) is 3.72. The number of allylic oxidation sites excluding steroid dienone is 4. The molecule has 2 heteroatoms. The van der Waals surface area contributed by atoms with Crippen LogP contribution in [0.1, 0.15) is 47.0 Å². The summed E-state index contributed by atoms with van der Waals surface area (Å²) in [5.74, 6) is 0.456. The van der Waals surface area contributed by atoms with Gasteiger partial charge in [-0.25, -0.2) is 0 Å². The molecule has 0 aromatic heterocycles. The lowest BCUT2D eigenvalue weighted by Crippen LogP contribution is -2.44. The van der Waals surface area contributed by atoms with Gasteiger partial charge < -0.3 is 5.32 Å². The van der Waals surface area contributed by atoms with Gasteiger partial charge in [-0.1, -0.05) is 37.3 Å². The largest absolute Gasteiger partial charge is 0.359 e. The normalized spacial score (nSPS) is 32.8. The third-order valence-electron chi connectivity index (χ3n) is 5.06. The van der Waals surface area contributed by atoms with Crippen molar-refractivity contribution in [3.63, 3.8) is 0 Å². The molecule has 116 valence electrons. The van der Waals surface area contributed by atoms with E-state index in [-0.39, 0.29) is 5.54 Å². The summed E-state index contributed by atoms with van der Waals surface area (Å²) in [6.45, 7) is 12.8. The number of aliphatic imine (C=N–C) groups is 1. The first-order chi connectivity index (χ1) is 10.5. The summed E-state index contributed by atoms with van der Waals surface area (Å²) in [6.07, 6.45) is 12.0. The third-order valence-corrected chi connectivity index (χ3v) is 5.06. The zero-order valence-electron chi connectivity index (χ0n) is 14.2. The fraction of sp³-hybridized carbons (Fsp3) is 0.450. The van der Waals surface area contributed by atoms with Gasteiger partial charge in [-0.15, -0.1) is 0 Å². The average molecular weight is 294 g/mol. The summed E-state index contributed by atoms with van der Waals surface area (Å²) >= 11 is 0. The minimum absolute atomic E-state index is 0.212. The topological polar surface area (TPSA) is 24.4 Å². The van der Waals surface area contributed by atoms with E-state index in [1.165, 1.54) is 28.1 Å². The molecule has 0 radical (unpaired) electrons. The second-order valence-electron chi connectivity index (χ2n) is 6.68. The Morgan fingerprint density at radius 3 is 2.95 bits per heavy atom. The number of nitrogens with zero attached hydrogens (tertiary/aromatic N) is 1. The van der Waals surface area contributed by atoms with Gasteiger partial charge in [0.25, 0.3) is 0 Å². The number of dihydropyridines is 1. The highest BCUT2D eigenvalue weighted by molar-refractivity contribution is 5.83. The molecule has 3 aliphatic rings.